The average molecular weight is 432 g/mol. The van der Waals surface area contributed by atoms with Crippen LogP contribution in [0.25, 0.3) is 16.8 Å². The number of imidazole rings is 1. The molecule has 1 aliphatic heterocycles. The number of ether oxygens (including phenoxy) is 1. The number of pyridine rings is 1. The van der Waals surface area contributed by atoms with Crippen LogP contribution in [0.2, 0.25) is 0 Å². The summed E-state index contributed by atoms with van der Waals surface area (Å²) in [6, 6.07) is 5.59. The molecule has 0 aliphatic carbocycles. The van der Waals surface area contributed by atoms with Gasteiger partial charge in [0.2, 0.25) is 5.95 Å². The molecule has 0 aromatic carbocycles. The quantitative estimate of drug-likeness (QED) is 0.548. The van der Waals surface area contributed by atoms with E-state index in [9.17, 15) is 14.8 Å². The largest absolute Gasteiger partial charge is 0.498 e. The van der Waals surface area contributed by atoms with Gasteiger partial charge in [0.05, 0.1) is 30.9 Å². The Hall–Kier alpha value is -4.03. The first-order valence-electron chi connectivity index (χ1n) is 9.98. The molecule has 4 rings (SSSR count). The fourth-order valence-corrected chi connectivity index (χ4v) is 3.72. The summed E-state index contributed by atoms with van der Waals surface area (Å²) in [4.78, 5) is 13.1. The van der Waals surface area contributed by atoms with Crippen molar-refractivity contribution in [2.75, 3.05) is 18.5 Å². The lowest BCUT2D eigenvalue weighted by Crippen LogP contribution is -2.12. The number of rotatable bonds is 7. The Bertz CT molecular complexity index is 1300. The monoisotopic (exact) mass is 432 g/mol. The summed E-state index contributed by atoms with van der Waals surface area (Å²) < 4.78 is 21.7. The van der Waals surface area contributed by atoms with E-state index in [1.165, 1.54) is 6.08 Å². The zero-order valence-corrected chi connectivity index (χ0v) is 17.5. The lowest BCUT2D eigenvalue weighted by atomic mass is 10.0. The number of halogens is 1. The Morgan fingerprint density at radius 3 is 2.97 bits per heavy atom. The molecule has 8 nitrogen and oxygen atoms in total. The van der Waals surface area contributed by atoms with Crippen LogP contribution in [0.4, 0.5) is 10.3 Å². The molecule has 0 saturated carbocycles. The Kier molecular flexibility index (Phi) is 5.96. The van der Waals surface area contributed by atoms with Crippen LogP contribution in [-0.2, 0) is 11.3 Å². The lowest BCUT2D eigenvalue weighted by molar-refractivity contribution is 0.246. The van der Waals surface area contributed by atoms with E-state index in [1.807, 2.05) is 13.0 Å². The highest BCUT2D eigenvalue weighted by Crippen LogP contribution is 2.30. The van der Waals surface area contributed by atoms with Gasteiger partial charge in [0.15, 0.2) is 11.3 Å². The molecule has 0 spiro atoms. The molecule has 0 radical (unpaired) electrons. The second-order valence-electron chi connectivity index (χ2n) is 7.10. The normalized spacial score (nSPS) is 14.2. The van der Waals surface area contributed by atoms with Crippen molar-refractivity contribution in [1.29, 1.82) is 5.26 Å². The van der Waals surface area contributed by atoms with Crippen LogP contribution in [0, 0.1) is 11.3 Å². The molecule has 9 heteroatoms. The molecule has 4 heterocycles. The van der Waals surface area contributed by atoms with Gasteiger partial charge in [-0.1, -0.05) is 12.6 Å². The molecule has 3 aromatic rings. The number of aliphatic hydroxyl groups excluding tert-OH is 1. The van der Waals surface area contributed by atoms with Gasteiger partial charge < -0.3 is 15.2 Å². The van der Waals surface area contributed by atoms with Crippen molar-refractivity contribution in [2.24, 2.45) is 0 Å². The van der Waals surface area contributed by atoms with Gasteiger partial charge in [0.1, 0.15) is 11.9 Å². The summed E-state index contributed by atoms with van der Waals surface area (Å²) in [5.41, 5.74) is 3.67. The molecule has 0 unspecified atom stereocenters. The van der Waals surface area contributed by atoms with Crippen LogP contribution in [0.3, 0.4) is 0 Å². The van der Waals surface area contributed by atoms with Crippen LogP contribution in [0.5, 0.6) is 0 Å². The minimum Gasteiger partial charge on any atom is -0.498 e. The van der Waals surface area contributed by atoms with Gasteiger partial charge in [-0.3, -0.25) is 9.38 Å². The summed E-state index contributed by atoms with van der Waals surface area (Å²) in [6.45, 7) is 5.76. The number of anilines is 1. The Balaban J connectivity index is 1.76. The fraction of sp³-hybridized carbons (Fsp3) is 0.217. The standard InChI is InChI=1S/C23H21FN6O2/c1-3-20(24)18(16-6-8-32-14(16)2)10-27-23-28-11-19(17-5-4-7-26-21(17)13-31)22-29-15(9-25)12-30(22)23/h3-5,7,11-12,31H,1,6,8,10,13H2,2H3,(H,27,28)/b20-18+. The zero-order valence-electron chi connectivity index (χ0n) is 17.5. The number of aliphatic hydroxyl groups is 1. The zero-order chi connectivity index (χ0) is 22.7. The van der Waals surface area contributed by atoms with Crippen molar-refractivity contribution < 1.29 is 14.2 Å². The van der Waals surface area contributed by atoms with Crippen LogP contribution in [0.15, 0.2) is 66.1 Å². The topological polar surface area (TPSA) is 108 Å². The highest BCUT2D eigenvalue weighted by molar-refractivity contribution is 5.79. The maximum Gasteiger partial charge on any atom is 0.208 e. The molecule has 1 aliphatic rings. The van der Waals surface area contributed by atoms with Gasteiger partial charge in [-0.05, 0) is 19.1 Å². The number of allylic oxidation sites excluding steroid dienone is 3. The second kappa shape index (κ2) is 8.99. The summed E-state index contributed by atoms with van der Waals surface area (Å²) >= 11 is 0. The Morgan fingerprint density at radius 1 is 1.44 bits per heavy atom. The highest BCUT2D eigenvalue weighted by atomic mass is 19.1. The molecular weight excluding hydrogens is 411 g/mol. The molecule has 2 N–H and O–H groups in total. The summed E-state index contributed by atoms with van der Waals surface area (Å²) in [5, 5.41) is 22.2. The average Bonchev–Trinajstić information content (AvgIpc) is 3.45. The number of nitriles is 1. The molecular formula is C23H21FN6O2. The number of nitrogens with zero attached hydrogens (tertiary/aromatic N) is 5. The van der Waals surface area contributed by atoms with E-state index in [2.05, 4.69) is 26.8 Å². The van der Waals surface area contributed by atoms with E-state index in [0.717, 1.165) is 5.57 Å². The van der Waals surface area contributed by atoms with Gasteiger partial charge in [-0.25, -0.2) is 14.4 Å². The maximum atomic E-state index is 14.6. The van der Waals surface area contributed by atoms with E-state index in [0.29, 0.717) is 52.8 Å². The molecule has 0 fully saturated rings. The van der Waals surface area contributed by atoms with Gasteiger partial charge >= 0.3 is 0 Å². The van der Waals surface area contributed by atoms with Crippen molar-refractivity contribution in [3.63, 3.8) is 0 Å². The van der Waals surface area contributed by atoms with Gasteiger partial charge in [-0.15, -0.1) is 0 Å². The van der Waals surface area contributed by atoms with Crippen molar-refractivity contribution >= 4 is 11.6 Å². The minimum absolute atomic E-state index is 0.143. The summed E-state index contributed by atoms with van der Waals surface area (Å²) in [6.07, 6.45) is 6.53. The first-order valence-corrected chi connectivity index (χ1v) is 9.98. The lowest BCUT2D eigenvalue weighted by Gasteiger charge is -2.14. The first kappa shape index (κ1) is 21.2. The third-order valence-corrected chi connectivity index (χ3v) is 5.29. The third-order valence-electron chi connectivity index (χ3n) is 5.29. The number of nitrogens with one attached hydrogen (secondary N) is 1. The fourth-order valence-electron chi connectivity index (χ4n) is 3.72. The van der Waals surface area contributed by atoms with Crippen LogP contribution >= 0.6 is 0 Å². The molecule has 3 aromatic heterocycles. The first-order chi connectivity index (χ1) is 15.6. The van der Waals surface area contributed by atoms with E-state index in [-0.39, 0.29) is 18.8 Å². The Labute approximate surface area is 184 Å². The SMILES string of the molecule is C=C/C(F)=C(/CNc1ncc(-c2cccnc2CO)c2nc(C#N)cn12)C1=C(C)OCC1. The van der Waals surface area contributed by atoms with Gasteiger partial charge in [-0.2, -0.15) is 5.26 Å². The van der Waals surface area contributed by atoms with Crippen molar-refractivity contribution in [1.82, 2.24) is 19.4 Å². The van der Waals surface area contributed by atoms with Gasteiger partial charge in [0, 0.05) is 47.6 Å². The molecule has 32 heavy (non-hydrogen) atoms. The smallest absolute Gasteiger partial charge is 0.208 e. The minimum atomic E-state index is -0.434. The summed E-state index contributed by atoms with van der Waals surface area (Å²) in [7, 11) is 0. The maximum absolute atomic E-state index is 14.6. The number of fused-ring (bicyclic) bond motifs is 1. The predicted octanol–water partition coefficient (Wildman–Crippen LogP) is 3.67. The number of aromatic nitrogens is 4. The van der Waals surface area contributed by atoms with E-state index >= 15 is 0 Å². The van der Waals surface area contributed by atoms with Crippen LogP contribution in [-0.4, -0.2) is 37.6 Å². The third kappa shape index (κ3) is 3.84. The van der Waals surface area contributed by atoms with E-state index < -0.39 is 5.83 Å². The van der Waals surface area contributed by atoms with Gasteiger partial charge in [0.25, 0.3) is 0 Å². The van der Waals surface area contributed by atoms with Crippen LogP contribution < -0.4 is 5.32 Å². The molecule has 0 atom stereocenters. The highest BCUT2D eigenvalue weighted by Gasteiger charge is 2.21. The molecule has 0 amide bonds. The van der Waals surface area contributed by atoms with Crippen molar-refractivity contribution in [3.8, 4) is 17.2 Å². The molecule has 0 bridgehead atoms. The van der Waals surface area contributed by atoms with E-state index in [4.69, 9.17) is 4.74 Å². The summed E-state index contributed by atoms with van der Waals surface area (Å²) in [5.74, 6) is 0.644. The van der Waals surface area contributed by atoms with Crippen LogP contribution in [0.1, 0.15) is 24.7 Å². The molecule has 0 saturated heterocycles. The number of hydrogen-bond donors (Lipinski definition) is 2. The van der Waals surface area contributed by atoms with E-state index in [1.54, 1.807) is 35.1 Å². The Morgan fingerprint density at radius 2 is 2.28 bits per heavy atom. The number of hydrogen-bond acceptors (Lipinski definition) is 7. The van der Waals surface area contributed by atoms with Crippen molar-refractivity contribution in [3.05, 3.63) is 77.5 Å². The second-order valence-corrected chi connectivity index (χ2v) is 7.10. The van der Waals surface area contributed by atoms with Crippen molar-refractivity contribution in [2.45, 2.75) is 20.0 Å². The predicted molar refractivity (Wildman–Crippen MR) is 117 cm³/mol. The molecule has 162 valence electrons.